The Morgan fingerprint density at radius 3 is 2.68 bits per heavy atom. The van der Waals surface area contributed by atoms with E-state index in [0.717, 1.165) is 12.8 Å². The molecular weight excluding hydrogens is 438 g/mol. The number of hydrogen-bond donors (Lipinski definition) is 2. The Hall–Kier alpha value is -2.27. The molecule has 0 unspecified atom stereocenters. The molecule has 1 aliphatic heterocycles. The number of nitrogens with zero attached hydrogens (tertiary/aromatic N) is 1. The average Bonchev–Trinajstić information content (AvgIpc) is 3.28. The summed E-state index contributed by atoms with van der Waals surface area (Å²) in [7, 11) is -3.43. The second-order valence-electron chi connectivity index (χ2n) is 7.15. The maximum absolute atomic E-state index is 12.4. The van der Waals surface area contributed by atoms with Gasteiger partial charge in [-0.25, -0.2) is 8.42 Å². The first-order valence-electron chi connectivity index (χ1n) is 10.2. The molecule has 2 aromatic rings. The van der Waals surface area contributed by atoms with Gasteiger partial charge < -0.3 is 15.4 Å². The lowest BCUT2D eigenvalue weighted by molar-refractivity contribution is -0.116. The zero-order valence-electron chi connectivity index (χ0n) is 17.2. The Bertz CT molecular complexity index is 971. The summed E-state index contributed by atoms with van der Waals surface area (Å²) >= 11 is 1.68. The summed E-state index contributed by atoms with van der Waals surface area (Å²) in [5.74, 6) is -0.656. The normalized spacial score (nSPS) is 14.8. The zero-order valence-corrected chi connectivity index (χ0v) is 18.8. The molecule has 3 rings (SSSR count). The molecular formula is C21H27N3O5S2. The third-order valence-electron chi connectivity index (χ3n) is 4.82. The molecule has 0 aliphatic carbocycles. The van der Waals surface area contributed by atoms with Gasteiger partial charge in [0.2, 0.25) is 15.9 Å². The number of sulfonamides is 1. The van der Waals surface area contributed by atoms with Crippen LogP contribution in [-0.4, -0.2) is 63.1 Å². The minimum atomic E-state index is -3.43. The fourth-order valence-corrected chi connectivity index (χ4v) is 5.26. The summed E-state index contributed by atoms with van der Waals surface area (Å²) in [6.07, 6.45) is 2.01. The van der Waals surface area contributed by atoms with Crippen LogP contribution in [0, 0.1) is 0 Å². The van der Waals surface area contributed by atoms with E-state index in [2.05, 4.69) is 16.7 Å². The van der Waals surface area contributed by atoms with E-state index in [-0.39, 0.29) is 24.1 Å². The van der Waals surface area contributed by atoms with Crippen LogP contribution in [0.25, 0.3) is 0 Å². The van der Waals surface area contributed by atoms with Crippen LogP contribution >= 0.6 is 11.3 Å². The van der Waals surface area contributed by atoms with Gasteiger partial charge in [-0.3, -0.25) is 9.59 Å². The van der Waals surface area contributed by atoms with Gasteiger partial charge in [0.25, 0.3) is 5.91 Å². The maximum Gasteiger partial charge on any atom is 0.251 e. The van der Waals surface area contributed by atoms with Crippen LogP contribution < -0.4 is 10.6 Å². The van der Waals surface area contributed by atoms with Crippen molar-refractivity contribution in [3.8, 4) is 0 Å². The van der Waals surface area contributed by atoms with Gasteiger partial charge in [-0.1, -0.05) is 12.1 Å². The van der Waals surface area contributed by atoms with E-state index >= 15 is 0 Å². The third kappa shape index (κ3) is 7.42. The van der Waals surface area contributed by atoms with Crippen LogP contribution in [0.15, 0.2) is 41.8 Å². The number of rotatable bonds is 10. The summed E-state index contributed by atoms with van der Waals surface area (Å²) in [5, 5.41) is 7.47. The van der Waals surface area contributed by atoms with Crippen molar-refractivity contribution in [3.63, 3.8) is 0 Å². The zero-order chi connectivity index (χ0) is 22.1. The summed E-state index contributed by atoms with van der Waals surface area (Å²) in [5.41, 5.74) is 0.898. The number of carbonyl (C=O) groups excluding carboxylic acids is 2. The topological polar surface area (TPSA) is 105 Å². The average molecular weight is 466 g/mol. The highest BCUT2D eigenvalue weighted by molar-refractivity contribution is 7.89. The molecule has 1 saturated heterocycles. The van der Waals surface area contributed by atoms with Gasteiger partial charge in [0, 0.05) is 42.2 Å². The van der Waals surface area contributed by atoms with Crippen molar-refractivity contribution >= 4 is 38.9 Å². The summed E-state index contributed by atoms with van der Waals surface area (Å²) < 4.78 is 31.2. The van der Waals surface area contributed by atoms with Crippen molar-refractivity contribution in [2.24, 2.45) is 0 Å². The number of ether oxygens (including phenoxy) is 1. The largest absolute Gasteiger partial charge is 0.379 e. The first kappa shape index (κ1) is 23.4. The minimum absolute atomic E-state index is 0.0117. The lowest BCUT2D eigenvalue weighted by Gasteiger charge is -2.26. The van der Waals surface area contributed by atoms with Gasteiger partial charge in [0.15, 0.2) is 0 Å². The van der Waals surface area contributed by atoms with Crippen LogP contribution in [0.4, 0.5) is 5.69 Å². The molecule has 1 aromatic carbocycles. The Balaban J connectivity index is 1.44. The second kappa shape index (κ2) is 11.4. The Morgan fingerprint density at radius 1 is 1.13 bits per heavy atom. The lowest BCUT2D eigenvalue weighted by atomic mass is 10.1. The van der Waals surface area contributed by atoms with Crippen molar-refractivity contribution in [2.45, 2.75) is 19.3 Å². The number of thiophene rings is 1. The number of anilines is 1. The number of morpholine rings is 1. The SMILES string of the molecule is O=C(CCCc1cccs1)Nc1cccc(C(=O)NCCS(=O)(=O)N2CCOCC2)c1. The second-order valence-corrected chi connectivity index (χ2v) is 10.3. The number of aryl methyl sites for hydroxylation is 1. The molecule has 1 fully saturated rings. The highest BCUT2D eigenvalue weighted by Crippen LogP contribution is 2.14. The maximum atomic E-state index is 12.4. The predicted octanol–water partition coefficient (Wildman–Crippen LogP) is 2.10. The van der Waals surface area contributed by atoms with Crippen molar-refractivity contribution in [2.75, 3.05) is 43.9 Å². The van der Waals surface area contributed by atoms with Crippen LogP contribution in [0.1, 0.15) is 28.1 Å². The molecule has 0 saturated carbocycles. The van der Waals surface area contributed by atoms with E-state index in [1.165, 1.54) is 9.18 Å². The van der Waals surface area contributed by atoms with Crippen LogP contribution in [-0.2, 0) is 26.0 Å². The molecule has 31 heavy (non-hydrogen) atoms. The fourth-order valence-electron chi connectivity index (χ4n) is 3.19. The van der Waals surface area contributed by atoms with Gasteiger partial charge in [-0.05, 0) is 42.5 Å². The number of carbonyl (C=O) groups is 2. The number of amides is 2. The molecule has 168 valence electrons. The molecule has 1 aromatic heterocycles. The van der Waals surface area contributed by atoms with Gasteiger partial charge in [0.1, 0.15) is 0 Å². The van der Waals surface area contributed by atoms with Crippen molar-refractivity contribution in [3.05, 3.63) is 52.2 Å². The lowest BCUT2D eigenvalue weighted by Crippen LogP contribution is -2.43. The molecule has 2 heterocycles. The van der Waals surface area contributed by atoms with Gasteiger partial charge >= 0.3 is 0 Å². The Labute approximate surface area is 186 Å². The van der Waals surface area contributed by atoms with Crippen LogP contribution in [0.2, 0.25) is 0 Å². The van der Waals surface area contributed by atoms with Crippen molar-refractivity contribution in [1.82, 2.24) is 9.62 Å². The number of hydrogen-bond acceptors (Lipinski definition) is 6. The minimum Gasteiger partial charge on any atom is -0.379 e. The van der Waals surface area contributed by atoms with Crippen LogP contribution in [0.3, 0.4) is 0 Å². The first-order chi connectivity index (χ1) is 14.9. The summed E-state index contributed by atoms with van der Waals surface area (Å²) in [6, 6.07) is 10.7. The molecule has 10 heteroatoms. The Kier molecular flexibility index (Phi) is 8.59. The highest BCUT2D eigenvalue weighted by Gasteiger charge is 2.24. The first-order valence-corrected chi connectivity index (χ1v) is 12.7. The molecule has 1 aliphatic rings. The number of benzene rings is 1. The van der Waals surface area contributed by atoms with E-state index < -0.39 is 10.0 Å². The molecule has 0 radical (unpaired) electrons. The molecule has 0 atom stereocenters. The van der Waals surface area contributed by atoms with E-state index in [4.69, 9.17) is 4.74 Å². The quantitative estimate of drug-likeness (QED) is 0.559. The molecule has 2 N–H and O–H groups in total. The predicted molar refractivity (Wildman–Crippen MR) is 121 cm³/mol. The van der Waals surface area contributed by atoms with Gasteiger partial charge in [0.05, 0.1) is 19.0 Å². The summed E-state index contributed by atoms with van der Waals surface area (Å²) in [6.45, 7) is 1.46. The highest BCUT2D eigenvalue weighted by atomic mass is 32.2. The van der Waals surface area contributed by atoms with E-state index in [9.17, 15) is 18.0 Å². The fraction of sp³-hybridized carbons (Fsp3) is 0.429. The van der Waals surface area contributed by atoms with E-state index in [1.54, 1.807) is 35.6 Å². The molecule has 0 bridgehead atoms. The standard InChI is InChI=1S/C21H27N3O5S2/c25-20(8-2-6-19-7-3-14-30-19)23-18-5-1-4-17(16-18)21(26)22-9-15-31(27,28)24-10-12-29-13-11-24/h1,3-5,7,14,16H,2,6,8-13,15H2,(H,22,26)(H,23,25). The number of nitrogens with one attached hydrogen (secondary N) is 2. The van der Waals surface area contributed by atoms with Crippen LogP contribution in [0.5, 0.6) is 0 Å². The van der Waals surface area contributed by atoms with E-state index in [1.807, 2.05) is 11.4 Å². The van der Waals surface area contributed by atoms with Gasteiger partial charge in [-0.2, -0.15) is 4.31 Å². The monoisotopic (exact) mass is 465 g/mol. The van der Waals surface area contributed by atoms with Crippen molar-refractivity contribution < 1.29 is 22.7 Å². The van der Waals surface area contributed by atoms with Gasteiger partial charge in [-0.15, -0.1) is 11.3 Å². The third-order valence-corrected chi connectivity index (χ3v) is 7.63. The molecule has 8 nitrogen and oxygen atoms in total. The van der Waals surface area contributed by atoms with Crippen molar-refractivity contribution in [1.29, 1.82) is 0 Å². The van der Waals surface area contributed by atoms with E-state index in [0.29, 0.717) is 44.0 Å². The molecule has 2 amide bonds. The smallest absolute Gasteiger partial charge is 0.251 e. The summed E-state index contributed by atoms with van der Waals surface area (Å²) in [4.78, 5) is 25.8. The Morgan fingerprint density at radius 2 is 1.94 bits per heavy atom. The molecule has 0 spiro atoms.